The fraction of sp³-hybridized carbons (Fsp3) is 0.308. The zero-order valence-electron chi connectivity index (χ0n) is 20.4. The lowest BCUT2D eigenvalue weighted by atomic mass is 10.1. The summed E-state index contributed by atoms with van der Waals surface area (Å²) in [5.74, 6) is 0.738. The van der Waals surface area contributed by atoms with Crippen LogP contribution in [0.5, 0.6) is 5.75 Å². The number of carbonyl (C=O) groups is 1. The van der Waals surface area contributed by atoms with E-state index in [0.717, 1.165) is 15.8 Å². The van der Waals surface area contributed by atoms with Crippen LogP contribution < -0.4 is 20.9 Å². The average molecular weight is 490 g/mol. The number of anilines is 2. The first-order valence-electron chi connectivity index (χ1n) is 11.7. The average Bonchev–Trinajstić information content (AvgIpc) is 3.28. The zero-order chi connectivity index (χ0) is 25.4. The van der Waals surface area contributed by atoms with Crippen LogP contribution in [0.4, 0.5) is 11.6 Å². The van der Waals surface area contributed by atoms with Crippen LogP contribution in [0, 0.1) is 5.92 Å². The Balaban J connectivity index is 1.56. The highest BCUT2D eigenvalue weighted by molar-refractivity contribution is 5.78. The zero-order valence-corrected chi connectivity index (χ0v) is 20.4. The summed E-state index contributed by atoms with van der Waals surface area (Å²) in [6.45, 7) is 2.87. The van der Waals surface area contributed by atoms with Crippen LogP contribution in [0.3, 0.4) is 0 Å². The number of nitrogens with zero attached hydrogens (tertiary/aromatic N) is 5. The van der Waals surface area contributed by atoms with Gasteiger partial charge in [0.05, 0.1) is 12.8 Å². The van der Waals surface area contributed by atoms with Crippen molar-refractivity contribution in [2.45, 2.75) is 26.6 Å². The van der Waals surface area contributed by atoms with E-state index in [1.54, 1.807) is 14.2 Å². The van der Waals surface area contributed by atoms with Crippen LogP contribution >= 0.6 is 0 Å². The number of imidazole rings is 1. The van der Waals surface area contributed by atoms with Gasteiger partial charge in [0.1, 0.15) is 18.9 Å². The number of aromatic nitrogens is 4. The molecule has 4 aromatic rings. The number of ether oxygens (including phenoxy) is 2. The van der Waals surface area contributed by atoms with E-state index in [-0.39, 0.29) is 23.7 Å². The van der Waals surface area contributed by atoms with Crippen molar-refractivity contribution in [3.8, 4) is 5.75 Å². The van der Waals surface area contributed by atoms with Crippen molar-refractivity contribution >= 4 is 28.8 Å². The molecule has 0 unspecified atom stereocenters. The Morgan fingerprint density at radius 1 is 1.06 bits per heavy atom. The maximum Gasteiger partial charge on any atom is 0.333 e. The van der Waals surface area contributed by atoms with E-state index in [1.807, 2.05) is 64.1 Å². The molecule has 0 amide bonds. The molecule has 186 valence electrons. The topological polar surface area (TPSA) is 101 Å². The first kappa shape index (κ1) is 23.4. The number of fused-ring (bicyclic) bond motifs is 3. The Bertz CT molecular complexity index is 1550. The van der Waals surface area contributed by atoms with Gasteiger partial charge in [-0.2, -0.15) is 4.98 Å². The standard InChI is InChI=1S/C26H27N5O5/c1-17-13-29(19-11-7-8-12-20(19)35-3)25-27-23-22(30(25)14-17)24(33)31(26(34)28(23)2)15-21(32)36-16-18-9-5-4-6-10-18/h4-12,17H,13-16H2,1-3H3/t17-/m1/s1. The summed E-state index contributed by atoms with van der Waals surface area (Å²) in [6.07, 6.45) is 0. The molecule has 0 spiro atoms. The monoisotopic (exact) mass is 489 g/mol. The number of hydrogen-bond donors (Lipinski definition) is 0. The summed E-state index contributed by atoms with van der Waals surface area (Å²) in [5.41, 5.74) is 0.973. The number of esters is 1. The van der Waals surface area contributed by atoms with E-state index in [1.165, 1.54) is 4.57 Å². The van der Waals surface area contributed by atoms with Crippen LogP contribution in [-0.4, -0.2) is 38.3 Å². The van der Waals surface area contributed by atoms with E-state index in [0.29, 0.717) is 24.8 Å². The Labute approximate surface area is 206 Å². The number of para-hydroxylation sites is 2. The van der Waals surface area contributed by atoms with Crippen molar-refractivity contribution in [2.24, 2.45) is 13.0 Å². The summed E-state index contributed by atoms with van der Waals surface area (Å²) in [7, 11) is 3.15. The van der Waals surface area contributed by atoms with E-state index in [9.17, 15) is 14.4 Å². The minimum atomic E-state index is -0.667. The predicted molar refractivity (Wildman–Crippen MR) is 135 cm³/mol. The van der Waals surface area contributed by atoms with Crippen molar-refractivity contribution < 1.29 is 14.3 Å². The fourth-order valence-corrected chi connectivity index (χ4v) is 4.61. The maximum absolute atomic E-state index is 13.6. The van der Waals surface area contributed by atoms with Crippen molar-refractivity contribution in [3.05, 3.63) is 81.0 Å². The van der Waals surface area contributed by atoms with Crippen molar-refractivity contribution in [3.63, 3.8) is 0 Å². The first-order chi connectivity index (χ1) is 17.4. The molecule has 0 saturated carbocycles. The van der Waals surface area contributed by atoms with Gasteiger partial charge < -0.3 is 18.9 Å². The first-order valence-corrected chi connectivity index (χ1v) is 11.7. The lowest BCUT2D eigenvalue weighted by Gasteiger charge is -2.33. The number of rotatable bonds is 6. The van der Waals surface area contributed by atoms with Gasteiger partial charge in [-0.15, -0.1) is 0 Å². The van der Waals surface area contributed by atoms with Gasteiger partial charge >= 0.3 is 11.7 Å². The number of methoxy groups -OCH3 is 1. The van der Waals surface area contributed by atoms with Gasteiger partial charge in [0.15, 0.2) is 11.2 Å². The van der Waals surface area contributed by atoms with Gasteiger partial charge in [-0.3, -0.25) is 14.2 Å². The van der Waals surface area contributed by atoms with Crippen LogP contribution in [0.2, 0.25) is 0 Å². The van der Waals surface area contributed by atoms with Gasteiger partial charge in [0, 0.05) is 20.1 Å². The highest BCUT2D eigenvalue weighted by atomic mass is 16.5. The third-order valence-corrected chi connectivity index (χ3v) is 6.35. The van der Waals surface area contributed by atoms with Gasteiger partial charge in [-0.1, -0.05) is 49.4 Å². The molecule has 3 heterocycles. The number of aryl methyl sites for hydroxylation is 1. The highest BCUT2D eigenvalue weighted by Gasteiger charge is 2.31. The third-order valence-electron chi connectivity index (χ3n) is 6.35. The summed E-state index contributed by atoms with van der Waals surface area (Å²) in [6, 6.07) is 16.8. The molecule has 0 aliphatic carbocycles. The molecule has 1 atom stereocenters. The van der Waals surface area contributed by atoms with Gasteiger partial charge in [0.25, 0.3) is 5.56 Å². The molecule has 1 aliphatic rings. The molecule has 0 fully saturated rings. The summed E-state index contributed by atoms with van der Waals surface area (Å²) in [4.78, 5) is 45.9. The van der Waals surface area contributed by atoms with E-state index in [4.69, 9.17) is 14.5 Å². The fourth-order valence-electron chi connectivity index (χ4n) is 4.61. The molecule has 5 rings (SSSR count). The largest absolute Gasteiger partial charge is 0.495 e. The second-order valence-corrected chi connectivity index (χ2v) is 8.96. The smallest absolute Gasteiger partial charge is 0.333 e. The quantitative estimate of drug-likeness (QED) is 0.384. The molecule has 36 heavy (non-hydrogen) atoms. The number of carbonyl (C=O) groups excluding carboxylic acids is 1. The normalized spacial score (nSPS) is 15.1. The Kier molecular flexibility index (Phi) is 6.09. The molecule has 10 heteroatoms. The van der Waals surface area contributed by atoms with Gasteiger partial charge in [-0.05, 0) is 23.6 Å². The third kappa shape index (κ3) is 4.04. The Morgan fingerprint density at radius 3 is 2.53 bits per heavy atom. The predicted octanol–water partition coefficient (Wildman–Crippen LogP) is 2.44. The molecule has 0 bridgehead atoms. The maximum atomic E-state index is 13.6. The van der Waals surface area contributed by atoms with Crippen LogP contribution in [0.1, 0.15) is 12.5 Å². The number of benzene rings is 2. The highest BCUT2D eigenvalue weighted by Crippen LogP contribution is 2.37. The van der Waals surface area contributed by atoms with Gasteiger partial charge in [0.2, 0.25) is 5.95 Å². The molecular formula is C26H27N5O5. The Morgan fingerprint density at radius 2 is 1.78 bits per heavy atom. The Hall–Kier alpha value is -4.34. The van der Waals surface area contributed by atoms with Crippen LogP contribution in [-0.2, 0) is 36.3 Å². The van der Waals surface area contributed by atoms with Crippen molar-refractivity contribution in [2.75, 3.05) is 18.6 Å². The van der Waals surface area contributed by atoms with E-state index in [2.05, 4.69) is 6.92 Å². The SMILES string of the molecule is COc1ccccc1N1C[C@@H](C)Cn2c1nc1c2c(=O)n(CC(=O)OCc2ccccc2)c(=O)n1C. The minimum absolute atomic E-state index is 0.0600. The molecule has 0 radical (unpaired) electrons. The molecule has 0 N–H and O–H groups in total. The lowest BCUT2D eigenvalue weighted by Crippen LogP contribution is -2.42. The minimum Gasteiger partial charge on any atom is -0.495 e. The molecular weight excluding hydrogens is 462 g/mol. The van der Waals surface area contributed by atoms with Crippen LogP contribution in [0.25, 0.3) is 11.2 Å². The second kappa shape index (κ2) is 9.37. The summed E-state index contributed by atoms with van der Waals surface area (Å²) in [5, 5.41) is 0. The van der Waals surface area contributed by atoms with Crippen molar-refractivity contribution in [1.29, 1.82) is 0 Å². The van der Waals surface area contributed by atoms with E-state index < -0.39 is 23.8 Å². The van der Waals surface area contributed by atoms with E-state index >= 15 is 0 Å². The summed E-state index contributed by atoms with van der Waals surface area (Å²) < 4.78 is 14.9. The lowest BCUT2D eigenvalue weighted by molar-refractivity contribution is -0.145. The van der Waals surface area contributed by atoms with Gasteiger partial charge in [-0.25, -0.2) is 9.36 Å². The molecule has 2 aromatic carbocycles. The molecule has 2 aromatic heterocycles. The number of hydrogen-bond acceptors (Lipinski definition) is 7. The molecule has 0 saturated heterocycles. The molecule has 10 nitrogen and oxygen atoms in total. The molecule has 1 aliphatic heterocycles. The van der Waals surface area contributed by atoms with Crippen LogP contribution in [0.15, 0.2) is 64.2 Å². The summed E-state index contributed by atoms with van der Waals surface area (Å²) >= 11 is 0. The van der Waals surface area contributed by atoms with Crippen molar-refractivity contribution in [1.82, 2.24) is 18.7 Å². The second-order valence-electron chi connectivity index (χ2n) is 8.96.